The first-order valence-electron chi connectivity index (χ1n) is 11.3. The molecule has 186 valence electrons. The van der Waals surface area contributed by atoms with Gasteiger partial charge in [-0.05, 0) is 43.9 Å². The molecule has 9 nitrogen and oxygen atoms in total. The number of benzene rings is 1. The Morgan fingerprint density at radius 3 is 2.60 bits per heavy atom. The summed E-state index contributed by atoms with van der Waals surface area (Å²) >= 11 is 0. The van der Waals surface area contributed by atoms with Crippen molar-refractivity contribution >= 4 is 44.1 Å². The molecule has 2 fully saturated rings. The molecule has 1 saturated heterocycles. The van der Waals surface area contributed by atoms with E-state index in [1.165, 1.54) is 6.07 Å². The third kappa shape index (κ3) is 5.13. The summed E-state index contributed by atoms with van der Waals surface area (Å²) in [6.45, 7) is 1.06. The number of pyridine rings is 1. The number of hydrogen-bond acceptors (Lipinski definition) is 7. The van der Waals surface area contributed by atoms with Crippen molar-refractivity contribution in [3.8, 4) is 0 Å². The smallest absolute Gasteiger partial charge is 0.271 e. The number of alkyl halides is 2. The van der Waals surface area contributed by atoms with Crippen LogP contribution in [0.2, 0.25) is 0 Å². The van der Waals surface area contributed by atoms with Crippen molar-refractivity contribution in [2.24, 2.45) is 5.92 Å². The number of sulfone groups is 1. The Labute approximate surface area is 200 Å². The van der Waals surface area contributed by atoms with Crippen molar-refractivity contribution in [2.45, 2.75) is 49.5 Å². The van der Waals surface area contributed by atoms with Crippen LogP contribution < -0.4 is 10.6 Å². The minimum atomic E-state index is -3.70. The number of anilines is 3. The fourth-order valence-corrected chi connectivity index (χ4v) is 4.98. The molecule has 0 radical (unpaired) electrons. The summed E-state index contributed by atoms with van der Waals surface area (Å²) in [5.41, 5.74) is 2.17. The van der Waals surface area contributed by atoms with Gasteiger partial charge in [-0.1, -0.05) is 6.07 Å². The maximum atomic E-state index is 13.5. The van der Waals surface area contributed by atoms with Crippen LogP contribution in [-0.2, 0) is 19.4 Å². The summed E-state index contributed by atoms with van der Waals surface area (Å²) in [4.78, 5) is 24.2. The number of fused-ring (bicyclic) bond motifs is 1. The lowest BCUT2D eigenvalue weighted by atomic mass is 9.99. The SMILES string of the molecule is Cc1nc2c(Nc3ccc([C@@H]4CCC(F)(F)CO4)cc3S(C)(=O)=O)cc(NC(=O)C3CC3)nc2[nH]1. The Morgan fingerprint density at radius 2 is 1.94 bits per heavy atom. The van der Waals surface area contributed by atoms with Crippen LogP contribution >= 0.6 is 0 Å². The predicted octanol–water partition coefficient (Wildman–Crippen LogP) is 4.25. The van der Waals surface area contributed by atoms with Gasteiger partial charge < -0.3 is 20.4 Å². The van der Waals surface area contributed by atoms with E-state index < -0.39 is 28.5 Å². The first-order chi connectivity index (χ1) is 16.5. The Balaban J connectivity index is 1.50. The van der Waals surface area contributed by atoms with Crippen molar-refractivity contribution in [3.05, 3.63) is 35.7 Å². The number of hydrogen-bond donors (Lipinski definition) is 3. The van der Waals surface area contributed by atoms with Crippen LogP contribution in [0.4, 0.5) is 26.0 Å². The van der Waals surface area contributed by atoms with Gasteiger partial charge in [-0.2, -0.15) is 0 Å². The lowest BCUT2D eigenvalue weighted by molar-refractivity contribution is -0.145. The molecule has 1 saturated carbocycles. The third-order valence-corrected chi connectivity index (χ3v) is 7.22. The number of aromatic nitrogens is 3. The zero-order valence-corrected chi connectivity index (χ0v) is 20.0. The Bertz CT molecular complexity index is 1410. The van der Waals surface area contributed by atoms with E-state index in [4.69, 9.17) is 4.74 Å². The van der Waals surface area contributed by atoms with Crippen LogP contribution in [0, 0.1) is 12.8 Å². The largest absolute Gasteiger partial charge is 0.367 e. The molecule has 1 atom stereocenters. The van der Waals surface area contributed by atoms with Gasteiger partial charge >= 0.3 is 0 Å². The number of rotatable bonds is 6. The Hall–Kier alpha value is -3.12. The first-order valence-corrected chi connectivity index (χ1v) is 13.2. The molecule has 1 amide bonds. The molecule has 3 N–H and O–H groups in total. The molecular weight excluding hydrogens is 480 g/mol. The van der Waals surface area contributed by atoms with Crippen molar-refractivity contribution in [1.29, 1.82) is 0 Å². The van der Waals surface area contributed by atoms with Crippen molar-refractivity contribution in [3.63, 3.8) is 0 Å². The van der Waals surface area contributed by atoms with Crippen LogP contribution in [0.1, 0.15) is 43.2 Å². The highest BCUT2D eigenvalue weighted by atomic mass is 32.2. The van der Waals surface area contributed by atoms with Crippen LogP contribution in [0.15, 0.2) is 29.2 Å². The highest BCUT2D eigenvalue weighted by Crippen LogP contribution is 2.38. The summed E-state index contributed by atoms with van der Waals surface area (Å²) in [5, 5.41) is 5.92. The van der Waals surface area contributed by atoms with Crippen molar-refractivity contribution < 1.29 is 26.7 Å². The first kappa shape index (κ1) is 23.6. The number of H-pyrrole nitrogens is 1. The number of nitrogens with one attached hydrogen (secondary N) is 3. The number of aryl methyl sites for hydroxylation is 1. The molecule has 0 spiro atoms. The molecule has 1 aliphatic carbocycles. The topological polar surface area (TPSA) is 126 Å². The van der Waals surface area contributed by atoms with Gasteiger partial charge in [0.2, 0.25) is 5.91 Å². The van der Waals surface area contributed by atoms with Crippen LogP contribution in [0.5, 0.6) is 0 Å². The van der Waals surface area contributed by atoms with E-state index in [0.717, 1.165) is 19.1 Å². The summed E-state index contributed by atoms with van der Waals surface area (Å²) < 4.78 is 57.6. The van der Waals surface area contributed by atoms with Gasteiger partial charge in [0.15, 0.2) is 15.5 Å². The molecule has 0 bridgehead atoms. The Kier molecular flexibility index (Phi) is 5.75. The standard InChI is InChI=1S/C23H25F2N5O4S/c1-12-26-20-16(10-19(29-21(20)27-12)30-22(31)13-3-4-13)28-15-6-5-14(9-18(15)35(2,32)33)17-7-8-23(24,25)11-34-17/h5-6,9-10,13,17H,3-4,7-8,11H2,1-2H3,(H3,26,27,28,29,30,31)/t17-/m0/s1. The third-order valence-electron chi connectivity index (χ3n) is 6.09. The van der Waals surface area contributed by atoms with Crippen molar-refractivity contribution in [1.82, 2.24) is 15.0 Å². The maximum absolute atomic E-state index is 13.5. The van der Waals surface area contributed by atoms with Crippen LogP contribution in [0.25, 0.3) is 11.2 Å². The fraction of sp³-hybridized carbons (Fsp3) is 0.435. The van der Waals surface area contributed by atoms with E-state index in [1.54, 1.807) is 25.1 Å². The molecule has 2 aliphatic rings. The molecule has 5 rings (SSSR count). The average molecular weight is 506 g/mol. The second kappa shape index (κ2) is 8.52. The molecule has 3 heterocycles. The quantitative estimate of drug-likeness (QED) is 0.457. The zero-order valence-electron chi connectivity index (χ0n) is 19.2. The van der Waals surface area contributed by atoms with E-state index in [9.17, 15) is 22.0 Å². The van der Waals surface area contributed by atoms with E-state index in [2.05, 4.69) is 25.6 Å². The second-order valence-electron chi connectivity index (χ2n) is 9.19. The number of imidazole rings is 1. The normalized spacial score (nSPS) is 20.1. The van der Waals surface area contributed by atoms with Gasteiger partial charge in [0, 0.05) is 24.7 Å². The van der Waals surface area contributed by atoms with Crippen LogP contribution in [-0.4, -0.2) is 48.1 Å². The monoisotopic (exact) mass is 505 g/mol. The van der Waals surface area contributed by atoms with Crippen molar-refractivity contribution in [2.75, 3.05) is 23.5 Å². The molecule has 3 aromatic rings. The molecular formula is C23H25F2N5O4S. The highest BCUT2D eigenvalue weighted by Gasteiger charge is 2.36. The minimum Gasteiger partial charge on any atom is -0.367 e. The number of carbonyl (C=O) groups excluding carboxylic acids is 1. The van der Waals surface area contributed by atoms with E-state index in [1.807, 2.05) is 0 Å². The van der Waals surface area contributed by atoms with E-state index in [-0.39, 0.29) is 35.2 Å². The minimum absolute atomic E-state index is 0.00304. The molecule has 2 aromatic heterocycles. The number of aromatic amines is 1. The zero-order chi connectivity index (χ0) is 25.0. The van der Waals surface area contributed by atoms with Gasteiger partial charge in [0.05, 0.1) is 22.4 Å². The van der Waals surface area contributed by atoms with Gasteiger partial charge in [0.25, 0.3) is 5.92 Å². The predicted molar refractivity (Wildman–Crippen MR) is 126 cm³/mol. The number of halogens is 2. The highest BCUT2D eigenvalue weighted by molar-refractivity contribution is 7.90. The van der Waals surface area contributed by atoms with Gasteiger partial charge in [-0.25, -0.2) is 27.2 Å². The van der Waals surface area contributed by atoms with E-state index in [0.29, 0.717) is 34.1 Å². The lowest BCUT2D eigenvalue weighted by Gasteiger charge is -2.29. The molecule has 1 aliphatic heterocycles. The fourth-order valence-electron chi connectivity index (χ4n) is 4.12. The number of carbonyl (C=O) groups is 1. The summed E-state index contributed by atoms with van der Waals surface area (Å²) in [5.74, 6) is -2.09. The number of nitrogens with zero attached hydrogens (tertiary/aromatic N) is 2. The summed E-state index contributed by atoms with van der Waals surface area (Å²) in [6, 6.07) is 6.30. The summed E-state index contributed by atoms with van der Waals surface area (Å²) in [6.07, 6.45) is 1.91. The van der Waals surface area contributed by atoms with E-state index >= 15 is 0 Å². The van der Waals surface area contributed by atoms with Gasteiger partial charge in [-0.3, -0.25) is 4.79 Å². The molecule has 35 heavy (non-hydrogen) atoms. The maximum Gasteiger partial charge on any atom is 0.271 e. The summed E-state index contributed by atoms with van der Waals surface area (Å²) in [7, 11) is -3.70. The Morgan fingerprint density at radius 1 is 1.17 bits per heavy atom. The van der Waals surface area contributed by atoms with Gasteiger partial charge in [-0.15, -0.1) is 0 Å². The lowest BCUT2D eigenvalue weighted by Crippen LogP contribution is -2.31. The molecule has 12 heteroatoms. The number of ether oxygens (including phenoxy) is 1. The second-order valence-corrected chi connectivity index (χ2v) is 11.2. The molecule has 0 unspecified atom stereocenters. The van der Waals surface area contributed by atoms with Gasteiger partial charge in [0.1, 0.15) is 23.8 Å². The molecule has 1 aromatic carbocycles. The van der Waals surface area contributed by atoms with Crippen LogP contribution in [0.3, 0.4) is 0 Å². The average Bonchev–Trinajstić information content (AvgIpc) is 3.55. The number of amides is 1.